The molecule has 5 aromatic rings. The second-order valence-electron chi connectivity index (χ2n) is 12.3. The Morgan fingerprint density at radius 3 is 1.42 bits per heavy atom. The van der Waals surface area contributed by atoms with E-state index in [-0.39, 0.29) is 11.8 Å². The zero-order valence-electron chi connectivity index (χ0n) is 28.1. The number of benzene rings is 3. The van der Waals surface area contributed by atoms with E-state index in [0.717, 1.165) is 52.9 Å². The van der Waals surface area contributed by atoms with E-state index in [9.17, 15) is 9.59 Å². The van der Waals surface area contributed by atoms with Gasteiger partial charge in [0.1, 0.15) is 11.6 Å². The summed E-state index contributed by atoms with van der Waals surface area (Å²) in [7, 11) is 0. The number of para-hydroxylation sites is 3. The number of rotatable bonds is 10. The van der Waals surface area contributed by atoms with E-state index in [1.807, 2.05) is 92.7 Å². The second-order valence-corrected chi connectivity index (χ2v) is 12.3. The first-order valence-electron chi connectivity index (χ1n) is 17.2. The number of fused-ring (bicyclic) bond motifs is 1. The van der Waals surface area contributed by atoms with Gasteiger partial charge in [-0.3, -0.25) is 19.4 Å². The number of aromatic nitrogens is 2. The monoisotopic (exact) mass is 658 g/mol. The summed E-state index contributed by atoms with van der Waals surface area (Å²) in [5, 5.41) is 0. The van der Waals surface area contributed by atoms with Crippen molar-refractivity contribution in [2.24, 2.45) is 0 Å². The van der Waals surface area contributed by atoms with Crippen LogP contribution >= 0.6 is 0 Å². The number of allylic oxidation sites excluding steroid dienone is 3. The maximum atomic E-state index is 14.4. The molecule has 50 heavy (non-hydrogen) atoms. The largest absolute Gasteiger partial charge is 0.340 e. The minimum absolute atomic E-state index is 0.176. The van der Waals surface area contributed by atoms with Crippen LogP contribution in [-0.4, -0.2) is 44.7 Å². The number of H-pyrrole nitrogens is 2. The van der Waals surface area contributed by atoms with Crippen LogP contribution in [0.5, 0.6) is 0 Å². The highest BCUT2D eigenvalue weighted by Gasteiger charge is 2.48. The lowest BCUT2D eigenvalue weighted by atomic mass is 10.1. The van der Waals surface area contributed by atoms with E-state index in [1.165, 1.54) is 0 Å². The highest BCUT2D eigenvalue weighted by Crippen LogP contribution is 2.47. The van der Waals surface area contributed by atoms with Crippen LogP contribution < -0.4 is 9.80 Å². The number of anilines is 5. The third-order valence-electron chi connectivity index (χ3n) is 9.42. The van der Waals surface area contributed by atoms with Crippen LogP contribution in [0.2, 0.25) is 0 Å². The van der Waals surface area contributed by atoms with Crippen molar-refractivity contribution in [1.29, 1.82) is 0 Å². The number of likely N-dealkylation sites (N-methyl/N-ethyl adjacent to an activating group) is 2. The third-order valence-corrected chi connectivity index (χ3v) is 9.42. The summed E-state index contributed by atoms with van der Waals surface area (Å²) in [6, 6.07) is 38.5. The molecule has 2 aromatic heterocycles. The molecule has 4 heterocycles. The zero-order valence-corrected chi connectivity index (χ0v) is 28.1. The zero-order chi connectivity index (χ0) is 34.2. The molecular formula is C42H38N6O2. The van der Waals surface area contributed by atoms with Crippen molar-refractivity contribution in [1.82, 2.24) is 19.8 Å². The quantitative estimate of drug-likeness (QED) is 0.157. The number of aromatic amines is 2. The van der Waals surface area contributed by atoms with Gasteiger partial charge in [0.15, 0.2) is 0 Å². The summed E-state index contributed by atoms with van der Waals surface area (Å²) in [5.74, 6) is 1.33. The van der Waals surface area contributed by atoms with Gasteiger partial charge in [-0.2, -0.15) is 0 Å². The van der Waals surface area contributed by atoms with E-state index in [0.29, 0.717) is 41.3 Å². The van der Waals surface area contributed by atoms with Gasteiger partial charge in [-0.25, -0.2) is 0 Å². The van der Waals surface area contributed by atoms with Crippen molar-refractivity contribution >= 4 is 51.9 Å². The van der Waals surface area contributed by atoms with Crippen molar-refractivity contribution in [3.8, 4) is 0 Å². The summed E-state index contributed by atoms with van der Waals surface area (Å²) in [6.45, 7) is 4.73. The van der Waals surface area contributed by atoms with Gasteiger partial charge in [-0.1, -0.05) is 66.7 Å². The van der Waals surface area contributed by atoms with E-state index in [2.05, 4.69) is 74.4 Å². The fraction of sp³-hybridized carbons (Fsp3) is 0.143. The molecule has 248 valence electrons. The first-order chi connectivity index (χ1) is 24.6. The lowest BCUT2D eigenvalue weighted by Gasteiger charge is -2.26. The molecule has 3 aliphatic rings. The summed E-state index contributed by atoms with van der Waals surface area (Å²) < 4.78 is 0. The molecule has 0 unspecified atom stereocenters. The molecule has 0 radical (unpaired) electrons. The molecule has 0 spiro atoms. The average Bonchev–Trinajstić information content (AvgIpc) is 3.95. The van der Waals surface area contributed by atoms with Gasteiger partial charge in [0, 0.05) is 35.8 Å². The Bertz CT molecular complexity index is 2150. The minimum Gasteiger partial charge on any atom is -0.340 e. The molecule has 8 nitrogen and oxygen atoms in total. The number of hydrogen-bond donors (Lipinski definition) is 2. The predicted molar refractivity (Wildman–Crippen MR) is 200 cm³/mol. The van der Waals surface area contributed by atoms with Crippen LogP contribution in [0.4, 0.5) is 28.7 Å². The highest BCUT2D eigenvalue weighted by atomic mass is 16.2. The van der Waals surface area contributed by atoms with E-state index in [4.69, 9.17) is 0 Å². The number of carbonyl (C=O) groups is 2. The van der Waals surface area contributed by atoms with Crippen LogP contribution in [0.25, 0.3) is 11.4 Å². The smallest absolute Gasteiger partial charge is 0.261 e. The van der Waals surface area contributed by atoms with Crippen LogP contribution in [0, 0.1) is 0 Å². The van der Waals surface area contributed by atoms with Crippen LogP contribution in [0.15, 0.2) is 150 Å². The Morgan fingerprint density at radius 2 is 1.00 bits per heavy atom. The van der Waals surface area contributed by atoms with Crippen molar-refractivity contribution in [2.45, 2.75) is 26.7 Å². The average molecular weight is 659 g/mol. The van der Waals surface area contributed by atoms with Gasteiger partial charge in [0.05, 0.1) is 33.9 Å². The van der Waals surface area contributed by atoms with E-state index >= 15 is 0 Å². The first-order valence-corrected chi connectivity index (χ1v) is 17.2. The van der Waals surface area contributed by atoms with Crippen molar-refractivity contribution in [2.75, 3.05) is 22.9 Å². The Labute approximate surface area is 292 Å². The fourth-order valence-electron chi connectivity index (χ4n) is 7.22. The number of nitrogens with one attached hydrogen (secondary N) is 2. The van der Waals surface area contributed by atoms with E-state index < -0.39 is 0 Å². The molecule has 8 rings (SSSR count). The predicted octanol–water partition coefficient (Wildman–Crippen LogP) is 9.03. The minimum atomic E-state index is -0.176. The van der Waals surface area contributed by atoms with Crippen molar-refractivity contribution in [3.63, 3.8) is 0 Å². The van der Waals surface area contributed by atoms with Crippen LogP contribution in [-0.2, 0) is 9.59 Å². The number of hydrogen-bond acceptors (Lipinski definition) is 4. The highest BCUT2D eigenvalue weighted by molar-refractivity contribution is 6.30. The third kappa shape index (κ3) is 5.17. The molecule has 0 saturated carbocycles. The molecule has 2 N–H and O–H groups in total. The summed E-state index contributed by atoms with van der Waals surface area (Å²) in [4.78, 5) is 43.7. The summed E-state index contributed by atoms with van der Waals surface area (Å²) in [5.41, 5.74) is 7.58. The molecule has 0 atom stereocenters. The van der Waals surface area contributed by atoms with Crippen LogP contribution in [0.1, 0.15) is 38.1 Å². The molecule has 8 heteroatoms. The number of carbonyl (C=O) groups excluding carboxylic acids is 2. The first kappa shape index (κ1) is 31.0. The maximum Gasteiger partial charge on any atom is 0.261 e. The Balaban J connectivity index is 1.24. The molecule has 0 fully saturated rings. The fourth-order valence-corrected chi connectivity index (χ4v) is 7.22. The lowest BCUT2D eigenvalue weighted by molar-refractivity contribution is -0.124. The Morgan fingerprint density at radius 1 is 0.560 bits per heavy atom. The molecule has 2 aliphatic heterocycles. The van der Waals surface area contributed by atoms with Gasteiger partial charge in [0.25, 0.3) is 11.8 Å². The lowest BCUT2D eigenvalue weighted by Crippen LogP contribution is -2.30. The Hall–Kier alpha value is -6.28. The normalized spacial score (nSPS) is 15.7. The molecule has 0 saturated heterocycles. The summed E-state index contributed by atoms with van der Waals surface area (Å²) >= 11 is 0. The number of nitrogens with zero attached hydrogens (tertiary/aromatic N) is 4. The van der Waals surface area contributed by atoms with E-state index in [1.54, 1.807) is 9.80 Å². The van der Waals surface area contributed by atoms with Gasteiger partial charge < -0.3 is 19.8 Å². The molecule has 1 aliphatic carbocycles. The van der Waals surface area contributed by atoms with Gasteiger partial charge >= 0.3 is 0 Å². The molecule has 3 aromatic carbocycles. The molecular weight excluding hydrogens is 621 g/mol. The maximum absolute atomic E-state index is 14.4. The standard InChI is InChI=1S/C42H38N6O2/c1-3-45-39(33-25-27-35(43-33)47(29-17-9-5-10-18-29)30-19-11-6-12-20-30)37-38(41(45)49)40(46(4-2)42(37)50)34-26-28-36(44-34)48(31-21-13-7-14-22-31)32-23-15-8-16-24-32/h5-7,9-15,17-28,43-44H,3-4,8,16H2,1-2H3. The van der Waals surface area contributed by atoms with Gasteiger partial charge in [-0.05, 0) is 93.4 Å². The number of amides is 2. The SMILES string of the molecule is CCN1C(=O)C2=C(c3ccc(N(c4ccccc4)c4ccccc4)[nH]3)N(CC)C(=O)C2=C1c1ccc(N(C2=CCCC=C2)c2ccccc2)[nH]1. The van der Waals surface area contributed by atoms with Gasteiger partial charge in [-0.15, -0.1) is 0 Å². The van der Waals surface area contributed by atoms with Crippen molar-refractivity contribution < 1.29 is 9.59 Å². The van der Waals surface area contributed by atoms with Crippen LogP contribution in [0.3, 0.4) is 0 Å². The molecule has 2 amide bonds. The van der Waals surface area contributed by atoms with Gasteiger partial charge in [0.2, 0.25) is 0 Å². The molecule has 0 bridgehead atoms. The topological polar surface area (TPSA) is 78.7 Å². The van der Waals surface area contributed by atoms with Crippen molar-refractivity contribution in [3.05, 3.63) is 162 Å². The summed E-state index contributed by atoms with van der Waals surface area (Å²) in [6.07, 6.45) is 8.54. The Kier molecular flexibility index (Phi) is 8.04. The second kappa shape index (κ2) is 13.0.